The number of benzene rings is 2. The van der Waals surface area contributed by atoms with Crippen molar-refractivity contribution >= 4 is 44.8 Å². The third-order valence-corrected chi connectivity index (χ3v) is 6.03. The Bertz CT molecular complexity index is 1080. The highest BCUT2D eigenvalue weighted by atomic mass is 32.1. The van der Waals surface area contributed by atoms with Gasteiger partial charge in [-0.1, -0.05) is 36.4 Å². The molecule has 1 N–H and O–H groups in total. The van der Waals surface area contributed by atoms with Crippen LogP contribution in [0, 0.1) is 5.92 Å². The molecule has 1 aliphatic rings. The summed E-state index contributed by atoms with van der Waals surface area (Å²) >= 11 is 1.25. The third-order valence-electron chi connectivity index (χ3n) is 5.27. The average molecular weight is 407 g/mol. The van der Waals surface area contributed by atoms with Crippen LogP contribution in [-0.4, -0.2) is 40.6 Å². The van der Waals surface area contributed by atoms with Crippen molar-refractivity contribution < 1.29 is 14.4 Å². The van der Waals surface area contributed by atoms with E-state index in [-0.39, 0.29) is 23.5 Å². The molecule has 7 heteroatoms. The zero-order chi connectivity index (χ0) is 20.4. The number of ketones is 1. The number of thiazole rings is 1. The SMILES string of the molecule is CC(=O)c1csc(NC(=O)C2CCN(C(=O)c3cccc4ccccc34)CC2)n1. The second-order valence-corrected chi connectivity index (χ2v) is 8.03. The summed E-state index contributed by atoms with van der Waals surface area (Å²) in [5.41, 5.74) is 1.06. The Morgan fingerprint density at radius 2 is 1.79 bits per heavy atom. The van der Waals surface area contributed by atoms with E-state index in [4.69, 9.17) is 0 Å². The first-order valence-electron chi connectivity index (χ1n) is 9.57. The lowest BCUT2D eigenvalue weighted by molar-refractivity contribution is -0.121. The molecular formula is C22H21N3O3S. The van der Waals surface area contributed by atoms with Gasteiger partial charge in [0.25, 0.3) is 5.91 Å². The molecule has 148 valence electrons. The first kappa shape index (κ1) is 19.3. The maximum atomic E-state index is 13.0. The standard InChI is InChI=1S/C22H21N3O3S/c1-14(26)19-13-29-22(23-19)24-20(27)16-9-11-25(12-10-16)21(28)18-8-4-6-15-5-2-3-7-17(15)18/h2-8,13,16H,9-12H2,1H3,(H,23,24,27). The summed E-state index contributed by atoms with van der Waals surface area (Å²) < 4.78 is 0. The summed E-state index contributed by atoms with van der Waals surface area (Å²) in [5.74, 6) is -0.392. The van der Waals surface area contributed by atoms with Gasteiger partial charge in [0.1, 0.15) is 5.69 Å². The highest BCUT2D eigenvalue weighted by Gasteiger charge is 2.28. The molecule has 3 aromatic rings. The number of fused-ring (bicyclic) bond motifs is 1. The van der Waals surface area contributed by atoms with Gasteiger partial charge in [0.15, 0.2) is 10.9 Å². The van der Waals surface area contributed by atoms with Gasteiger partial charge in [0, 0.05) is 36.9 Å². The van der Waals surface area contributed by atoms with Crippen molar-refractivity contribution in [1.29, 1.82) is 0 Å². The van der Waals surface area contributed by atoms with E-state index >= 15 is 0 Å². The number of nitrogens with one attached hydrogen (secondary N) is 1. The quantitative estimate of drug-likeness (QED) is 0.663. The molecule has 1 aromatic heterocycles. The van der Waals surface area contributed by atoms with Crippen LogP contribution in [0.2, 0.25) is 0 Å². The fraction of sp³-hybridized carbons (Fsp3) is 0.273. The molecule has 0 bridgehead atoms. The summed E-state index contributed by atoms with van der Waals surface area (Å²) in [6, 6.07) is 13.6. The predicted octanol–water partition coefficient (Wildman–Crippen LogP) is 3.99. The molecule has 0 saturated carbocycles. The first-order valence-corrected chi connectivity index (χ1v) is 10.5. The zero-order valence-corrected chi connectivity index (χ0v) is 16.9. The lowest BCUT2D eigenvalue weighted by atomic mass is 9.95. The Labute approximate surface area is 172 Å². The summed E-state index contributed by atoms with van der Waals surface area (Å²) in [7, 11) is 0. The second kappa shape index (κ2) is 8.13. The van der Waals surface area contributed by atoms with E-state index in [9.17, 15) is 14.4 Å². The number of nitrogens with zero attached hydrogens (tertiary/aromatic N) is 2. The molecule has 0 aliphatic carbocycles. The van der Waals surface area contributed by atoms with Gasteiger partial charge in [0.2, 0.25) is 5.91 Å². The minimum Gasteiger partial charge on any atom is -0.339 e. The van der Waals surface area contributed by atoms with Crippen LogP contribution in [0.15, 0.2) is 47.8 Å². The lowest BCUT2D eigenvalue weighted by Gasteiger charge is -2.31. The van der Waals surface area contributed by atoms with Crippen LogP contribution in [0.4, 0.5) is 5.13 Å². The molecule has 1 aliphatic heterocycles. The molecule has 0 radical (unpaired) electrons. The van der Waals surface area contributed by atoms with Gasteiger partial charge < -0.3 is 10.2 Å². The third kappa shape index (κ3) is 4.05. The van der Waals surface area contributed by atoms with Crippen molar-refractivity contribution in [2.45, 2.75) is 19.8 Å². The van der Waals surface area contributed by atoms with Gasteiger partial charge in [-0.15, -0.1) is 11.3 Å². The molecule has 1 fully saturated rings. The van der Waals surface area contributed by atoms with Crippen LogP contribution in [-0.2, 0) is 4.79 Å². The minimum absolute atomic E-state index is 0.00619. The summed E-state index contributed by atoms with van der Waals surface area (Å²) in [5, 5.41) is 6.87. The molecule has 0 atom stereocenters. The number of amides is 2. The van der Waals surface area contributed by atoms with Gasteiger partial charge in [0.05, 0.1) is 0 Å². The van der Waals surface area contributed by atoms with Crippen LogP contribution in [0.25, 0.3) is 10.8 Å². The van der Waals surface area contributed by atoms with Gasteiger partial charge >= 0.3 is 0 Å². The maximum absolute atomic E-state index is 13.0. The summed E-state index contributed by atoms with van der Waals surface area (Å²) in [6.07, 6.45) is 1.21. The Morgan fingerprint density at radius 1 is 1.07 bits per heavy atom. The molecular weight excluding hydrogens is 386 g/mol. The predicted molar refractivity (Wildman–Crippen MR) is 113 cm³/mol. The number of rotatable bonds is 4. The number of aromatic nitrogens is 1. The van der Waals surface area contributed by atoms with Crippen molar-refractivity contribution in [2.24, 2.45) is 5.92 Å². The van der Waals surface area contributed by atoms with Crippen molar-refractivity contribution in [3.05, 3.63) is 59.1 Å². The topological polar surface area (TPSA) is 79.4 Å². The largest absolute Gasteiger partial charge is 0.339 e. The van der Waals surface area contributed by atoms with E-state index in [1.165, 1.54) is 18.3 Å². The maximum Gasteiger partial charge on any atom is 0.254 e. The average Bonchev–Trinajstić information content (AvgIpc) is 3.22. The molecule has 0 unspecified atom stereocenters. The molecule has 2 heterocycles. The van der Waals surface area contributed by atoms with E-state index < -0.39 is 0 Å². The minimum atomic E-state index is -0.170. The number of hydrogen-bond acceptors (Lipinski definition) is 5. The lowest BCUT2D eigenvalue weighted by Crippen LogP contribution is -2.41. The number of anilines is 1. The Hall–Kier alpha value is -3.06. The van der Waals surface area contributed by atoms with Gasteiger partial charge in [-0.2, -0.15) is 0 Å². The second-order valence-electron chi connectivity index (χ2n) is 7.18. The first-order chi connectivity index (χ1) is 14.0. The molecule has 2 aromatic carbocycles. The van der Waals surface area contributed by atoms with Crippen LogP contribution >= 0.6 is 11.3 Å². The molecule has 1 saturated heterocycles. The molecule has 29 heavy (non-hydrogen) atoms. The van der Waals surface area contributed by atoms with E-state index in [2.05, 4.69) is 10.3 Å². The monoisotopic (exact) mass is 407 g/mol. The molecule has 2 amide bonds. The molecule has 6 nitrogen and oxygen atoms in total. The fourth-order valence-electron chi connectivity index (χ4n) is 3.63. The van der Waals surface area contributed by atoms with Gasteiger partial charge in [-0.25, -0.2) is 4.98 Å². The van der Waals surface area contributed by atoms with E-state index in [1.807, 2.05) is 47.4 Å². The van der Waals surface area contributed by atoms with Crippen molar-refractivity contribution in [3.8, 4) is 0 Å². The molecule has 4 rings (SSSR count). The smallest absolute Gasteiger partial charge is 0.254 e. The Balaban J connectivity index is 1.39. The van der Waals surface area contributed by atoms with Gasteiger partial charge in [-0.05, 0) is 29.7 Å². The summed E-state index contributed by atoms with van der Waals surface area (Å²) in [4.78, 5) is 42.9. The van der Waals surface area contributed by atoms with Gasteiger partial charge in [-0.3, -0.25) is 14.4 Å². The zero-order valence-electron chi connectivity index (χ0n) is 16.1. The Kier molecular flexibility index (Phi) is 5.40. The summed E-state index contributed by atoms with van der Waals surface area (Å²) in [6.45, 7) is 2.52. The van der Waals surface area contributed by atoms with Crippen LogP contribution < -0.4 is 5.32 Å². The normalized spacial score (nSPS) is 14.7. The number of Topliss-reactive ketones (excluding diaryl/α,β-unsaturated/α-hetero) is 1. The van der Waals surface area contributed by atoms with E-state index in [0.29, 0.717) is 42.3 Å². The van der Waals surface area contributed by atoms with Crippen LogP contribution in [0.1, 0.15) is 40.6 Å². The van der Waals surface area contributed by atoms with Crippen LogP contribution in [0.3, 0.4) is 0 Å². The van der Waals surface area contributed by atoms with Crippen molar-refractivity contribution in [2.75, 3.05) is 18.4 Å². The van der Waals surface area contributed by atoms with E-state index in [1.54, 1.807) is 5.38 Å². The van der Waals surface area contributed by atoms with E-state index in [0.717, 1.165) is 10.8 Å². The number of piperidine rings is 1. The Morgan fingerprint density at radius 3 is 2.52 bits per heavy atom. The number of likely N-dealkylation sites (tertiary alicyclic amines) is 1. The number of hydrogen-bond donors (Lipinski definition) is 1. The fourth-order valence-corrected chi connectivity index (χ4v) is 4.38. The highest BCUT2D eigenvalue weighted by Crippen LogP contribution is 2.25. The van der Waals surface area contributed by atoms with Crippen molar-refractivity contribution in [1.82, 2.24) is 9.88 Å². The molecule has 0 spiro atoms. The highest BCUT2D eigenvalue weighted by molar-refractivity contribution is 7.14. The van der Waals surface area contributed by atoms with Crippen molar-refractivity contribution in [3.63, 3.8) is 0 Å². The number of carbonyl (C=O) groups is 3. The van der Waals surface area contributed by atoms with Crippen LogP contribution in [0.5, 0.6) is 0 Å². The number of carbonyl (C=O) groups excluding carboxylic acids is 3.